The summed E-state index contributed by atoms with van der Waals surface area (Å²) in [6.07, 6.45) is 49.3. The van der Waals surface area contributed by atoms with E-state index in [2.05, 4.69) is 104 Å². The number of amides is 1. The molecule has 43 heavy (non-hydrogen) atoms. The molecule has 0 bridgehead atoms. The van der Waals surface area contributed by atoms with Gasteiger partial charge < -0.3 is 15.5 Å². The van der Waals surface area contributed by atoms with Gasteiger partial charge in [0.05, 0.1) is 18.8 Å². The van der Waals surface area contributed by atoms with E-state index in [1.54, 1.807) is 0 Å². The van der Waals surface area contributed by atoms with Crippen LogP contribution >= 0.6 is 0 Å². The maximum absolute atomic E-state index is 12.2. The van der Waals surface area contributed by atoms with Gasteiger partial charge in [0, 0.05) is 6.42 Å². The normalized spacial score (nSPS) is 14.2. The zero-order chi connectivity index (χ0) is 31.5. The van der Waals surface area contributed by atoms with Crippen molar-refractivity contribution in [3.8, 4) is 0 Å². The molecule has 4 nitrogen and oxygen atoms in total. The third-order valence-corrected chi connectivity index (χ3v) is 7.17. The number of rotatable bonds is 29. The molecule has 0 aliphatic carbocycles. The number of allylic oxidation sites excluding steroid dienone is 14. The minimum Gasteiger partial charge on any atom is -0.394 e. The Morgan fingerprint density at radius 2 is 1.00 bits per heavy atom. The van der Waals surface area contributed by atoms with E-state index in [1.165, 1.54) is 38.5 Å². The molecule has 4 heteroatoms. The van der Waals surface area contributed by atoms with Crippen LogP contribution < -0.4 is 5.32 Å². The van der Waals surface area contributed by atoms with E-state index < -0.39 is 12.1 Å². The van der Waals surface area contributed by atoms with Crippen molar-refractivity contribution in [3.63, 3.8) is 0 Å². The predicted octanol–water partition coefficient (Wildman–Crippen LogP) is 10.2. The van der Waals surface area contributed by atoms with Crippen molar-refractivity contribution >= 4 is 5.91 Å². The summed E-state index contributed by atoms with van der Waals surface area (Å²) in [5.74, 6) is -0.0978. The van der Waals surface area contributed by atoms with Crippen molar-refractivity contribution in [1.29, 1.82) is 0 Å². The van der Waals surface area contributed by atoms with Crippen LogP contribution in [-0.4, -0.2) is 34.9 Å². The number of aliphatic hydroxyl groups is 2. The van der Waals surface area contributed by atoms with Gasteiger partial charge in [0.1, 0.15) is 0 Å². The molecular formula is C39H65NO3. The van der Waals surface area contributed by atoms with Crippen molar-refractivity contribution in [2.45, 2.75) is 148 Å². The summed E-state index contributed by atoms with van der Waals surface area (Å²) in [6.45, 7) is 4.16. The van der Waals surface area contributed by atoms with Gasteiger partial charge in [0.15, 0.2) is 0 Å². The van der Waals surface area contributed by atoms with E-state index >= 15 is 0 Å². The smallest absolute Gasteiger partial charge is 0.220 e. The number of aliphatic hydroxyl groups excluding tert-OH is 2. The number of carbonyl (C=O) groups excluding carboxylic acids is 1. The lowest BCUT2D eigenvalue weighted by Crippen LogP contribution is -2.45. The van der Waals surface area contributed by atoms with E-state index in [0.29, 0.717) is 12.8 Å². The van der Waals surface area contributed by atoms with Gasteiger partial charge in [-0.05, 0) is 64.2 Å². The first-order valence-corrected chi connectivity index (χ1v) is 17.3. The molecule has 0 aromatic rings. The van der Waals surface area contributed by atoms with Crippen LogP contribution in [0.25, 0.3) is 0 Å². The molecule has 0 spiro atoms. The quantitative estimate of drug-likeness (QED) is 0.0595. The second kappa shape index (κ2) is 34.1. The van der Waals surface area contributed by atoms with Crippen LogP contribution in [0.1, 0.15) is 136 Å². The Bertz CT molecular complexity index is 818. The van der Waals surface area contributed by atoms with Gasteiger partial charge >= 0.3 is 0 Å². The Balaban J connectivity index is 3.78. The molecule has 2 unspecified atom stereocenters. The molecule has 0 rings (SSSR count). The summed E-state index contributed by atoms with van der Waals surface area (Å²) in [5, 5.41) is 22.8. The number of hydrogen-bond acceptors (Lipinski definition) is 3. The Hall–Kier alpha value is -2.43. The topological polar surface area (TPSA) is 69.6 Å². The average Bonchev–Trinajstić information content (AvgIpc) is 3.01. The monoisotopic (exact) mass is 595 g/mol. The highest BCUT2D eigenvalue weighted by Gasteiger charge is 2.19. The van der Waals surface area contributed by atoms with Crippen LogP contribution in [0.2, 0.25) is 0 Å². The molecule has 0 fully saturated rings. The summed E-state index contributed by atoms with van der Waals surface area (Å²) in [4.78, 5) is 12.2. The first kappa shape index (κ1) is 40.6. The number of hydrogen-bond donors (Lipinski definition) is 3. The van der Waals surface area contributed by atoms with Crippen molar-refractivity contribution < 1.29 is 15.0 Å². The van der Waals surface area contributed by atoms with Gasteiger partial charge in [0.25, 0.3) is 0 Å². The molecule has 0 aromatic heterocycles. The predicted molar refractivity (Wildman–Crippen MR) is 188 cm³/mol. The average molecular weight is 596 g/mol. The van der Waals surface area contributed by atoms with E-state index in [-0.39, 0.29) is 12.5 Å². The molecule has 0 aliphatic rings. The van der Waals surface area contributed by atoms with Crippen LogP contribution in [0.5, 0.6) is 0 Å². The highest BCUT2D eigenvalue weighted by molar-refractivity contribution is 5.76. The van der Waals surface area contributed by atoms with Crippen LogP contribution in [0, 0.1) is 0 Å². The summed E-state index contributed by atoms with van der Waals surface area (Å²) in [5.41, 5.74) is 0. The van der Waals surface area contributed by atoms with Crippen LogP contribution in [0.4, 0.5) is 0 Å². The summed E-state index contributed by atoms with van der Waals surface area (Å²) < 4.78 is 0. The van der Waals surface area contributed by atoms with Crippen LogP contribution in [0.15, 0.2) is 85.1 Å². The van der Waals surface area contributed by atoms with Crippen molar-refractivity contribution in [2.75, 3.05) is 6.61 Å². The first-order chi connectivity index (χ1) is 21.2. The minimum absolute atomic E-state index is 0.0978. The van der Waals surface area contributed by atoms with Crippen molar-refractivity contribution in [1.82, 2.24) is 5.32 Å². The first-order valence-electron chi connectivity index (χ1n) is 17.3. The maximum atomic E-state index is 12.2. The molecule has 0 heterocycles. The van der Waals surface area contributed by atoms with Gasteiger partial charge in [-0.15, -0.1) is 0 Å². The Morgan fingerprint density at radius 1 is 0.581 bits per heavy atom. The van der Waals surface area contributed by atoms with E-state index in [1.807, 2.05) is 0 Å². The molecule has 1 amide bonds. The highest BCUT2D eigenvalue weighted by atomic mass is 16.3. The molecule has 2 atom stereocenters. The number of carbonyl (C=O) groups is 1. The second-order valence-corrected chi connectivity index (χ2v) is 11.2. The van der Waals surface area contributed by atoms with E-state index in [4.69, 9.17) is 0 Å². The second-order valence-electron chi connectivity index (χ2n) is 11.2. The SMILES string of the molecule is CC/C=C\C/C=C\C/C=C\C/C=C\C/C=C\C/C=C\C/C=C\CCCC(=O)NC(CO)C(O)CCCCCCCCCC. The van der Waals surface area contributed by atoms with Crippen molar-refractivity contribution in [2.24, 2.45) is 0 Å². The van der Waals surface area contributed by atoms with Gasteiger partial charge in [-0.1, -0.05) is 150 Å². The fraction of sp³-hybridized carbons (Fsp3) is 0.615. The molecule has 0 aliphatic heterocycles. The fourth-order valence-electron chi connectivity index (χ4n) is 4.52. The number of nitrogens with one attached hydrogen (secondary N) is 1. The minimum atomic E-state index is -0.685. The Labute approximate surface area is 265 Å². The zero-order valence-electron chi connectivity index (χ0n) is 27.7. The zero-order valence-corrected chi connectivity index (χ0v) is 27.7. The number of unbranched alkanes of at least 4 members (excludes halogenated alkanes) is 8. The van der Waals surface area contributed by atoms with Gasteiger partial charge in [-0.25, -0.2) is 0 Å². The van der Waals surface area contributed by atoms with E-state index in [9.17, 15) is 15.0 Å². The third kappa shape index (κ3) is 30.8. The summed E-state index contributed by atoms with van der Waals surface area (Å²) in [6, 6.07) is -0.569. The van der Waals surface area contributed by atoms with Gasteiger partial charge in [-0.3, -0.25) is 4.79 Å². The summed E-state index contributed by atoms with van der Waals surface area (Å²) in [7, 11) is 0. The highest BCUT2D eigenvalue weighted by Crippen LogP contribution is 2.12. The largest absolute Gasteiger partial charge is 0.394 e. The fourth-order valence-corrected chi connectivity index (χ4v) is 4.52. The third-order valence-electron chi connectivity index (χ3n) is 7.17. The lowest BCUT2D eigenvalue weighted by Gasteiger charge is -2.22. The van der Waals surface area contributed by atoms with Gasteiger partial charge in [-0.2, -0.15) is 0 Å². The van der Waals surface area contributed by atoms with E-state index in [0.717, 1.165) is 70.6 Å². The standard InChI is InChI=1S/C39H65NO3/c1-3-5-7-9-11-13-14-15-16-17-18-19-20-21-22-23-24-25-26-27-29-31-33-35-39(43)40-37(36-41)38(42)34-32-30-28-12-10-8-6-4-2/h5,7,11,13,15-16,18-19,21-22,24-25,27,29,37-38,41-42H,3-4,6,8-10,12,14,17,20,23,26,28,30-36H2,1-2H3,(H,40,43)/b7-5-,13-11-,16-15-,19-18-,22-21-,25-24-,29-27-. The Kier molecular flexibility index (Phi) is 32.1. The Morgan fingerprint density at radius 3 is 1.44 bits per heavy atom. The lowest BCUT2D eigenvalue weighted by atomic mass is 10.0. The molecule has 0 aromatic carbocycles. The molecular weight excluding hydrogens is 530 g/mol. The molecule has 3 N–H and O–H groups in total. The van der Waals surface area contributed by atoms with Gasteiger partial charge in [0.2, 0.25) is 5.91 Å². The van der Waals surface area contributed by atoms with Crippen LogP contribution in [-0.2, 0) is 4.79 Å². The molecule has 0 saturated heterocycles. The van der Waals surface area contributed by atoms with Crippen LogP contribution in [0.3, 0.4) is 0 Å². The molecule has 0 radical (unpaired) electrons. The maximum Gasteiger partial charge on any atom is 0.220 e. The van der Waals surface area contributed by atoms with Crippen molar-refractivity contribution in [3.05, 3.63) is 85.1 Å². The lowest BCUT2D eigenvalue weighted by molar-refractivity contribution is -0.123. The summed E-state index contributed by atoms with van der Waals surface area (Å²) >= 11 is 0. The molecule has 244 valence electrons. The molecule has 0 saturated carbocycles.